The molecule has 1 aromatic rings. The Morgan fingerprint density at radius 2 is 2.20 bits per heavy atom. The van der Waals surface area contributed by atoms with E-state index in [1.165, 1.54) is 17.8 Å². The van der Waals surface area contributed by atoms with Gasteiger partial charge in [0.05, 0.1) is 5.75 Å². The molecule has 7 heteroatoms. The lowest BCUT2D eigenvalue weighted by molar-refractivity contribution is -0.129. The Hall–Kier alpha value is -0.850. The SMILES string of the molecule is CC1CN(C(=O)CSc2ccc(F)c(F)c2)CCN1.Cl. The lowest BCUT2D eigenvalue weighted by atomic mass is 10.2. The molecule has 1 amide bonds. The van der Waals surface area contributed by atoms with Crippen molar-refractivity contribution in [2.45, 2.75) is 17.9 Å². The van der Waals surface area contributed by atoms with Crippen LogP contribution in [0.5, 0.6) is 0 Å². The van der Waals surface area contributed by atoms with Gasteiger partial charge < -0.3 is 10.2 Å². The summed E-state index contributed by atoms with van der Waals surface area (Å²) in [5.74, 6) is -1.47. The fourth-order valence-corrected chi connectivity index (χ4v) is 2.79. The zero-order valence-corrected chi connectivity index (χ0v) is 12.7. The Morgan fingerprint density at radius 3 is 2.85 bits per heavy atom. The molecule has 2 rings (SSSR count). The van der Waals surface area contributed by atoms with Gasteiger partial charge in [0.1, 0.15) is 0 Å². The van der Waals surface area contributed by atoms with Crippen LogP contribution in [0.15, 0.2) is 23.1 Å². The van der Waals surface area contributed by atoms with E-state index in [0.717, 1.165) is 18.7 Å². The van der Waals surface area contributed by atoms with Crippen molar-refractivity contribution in [3.8, 4) is 0 Å². The zero-order chi connectivity index (χ0) is 13.8. The third kappa shape index (κ3) is 4.61. The minimum Gasteiger partial charge on any atom is -0.339 e. The molecule has 0 radical (unpaired) electrons. The molecule has 1 atom stereocenters. The Bertz CT molecular complexity index is 476. The summed E-state index contributed by atoms with van der Waals surface area (Å²) in [6, 6.07) is 3.98. The zero-order valence-electron chi connectivity index (χ0n) is 11.1. The number of rotatable bonds is 3. The van der Waals surface area contributed by atoms with Crippen molar-refractivity contribution in [3.63, 3.8) is 0 Å². The number of hydrogen-bond donors (Lipinski definition) is 1. The fourth-order valence-electron chi connectivity index (χ4n) is 1.96. The molecule has 1 heterocycles. The summed E-state index contributed by atoms with van der Waals surface area (Å²) in [5.41, 5.74) is 0. The Balaban J connectivity index is 0.00000200. The topological polar surface area (TPSA) is 32.3 Å². The molecule has 0 saturated carbocycles. The van der Waals surface area contributed by atoms with Crippen molar-refractivity contribution in [1.82, 2.24) is 10.2 Å². The molecule has 1 aliphatic heterocycles. The van der Waals surface area contributed by atoms with Crippen LogP contribution >= 0.6 is 24.2 Å². The lowest BCUT2D eigenvalue weighted by Crippen LogP contribution is -2.51. The van der Waals surface area contributed by atoms with Crippen LogP contribution in [-0.2, 0) is 4.79 Å². The molecule has 20 heavy (non-hydrogen) atoms. The third-order valence-electron chi connectivity index (χ3n) is 2.97. The van der Waals surface area contributed by atoms with Crippen LogP contribution in [0.1, 0.15) is 6.92 Å². The van der Waals surface area contributed by atoms with Crippen molar-refractivity contribution in [3.05, 3.63) is 29.8 Å². The van der Waals surface area contributed by atoms with Crippen LogP contribution in [0.4, 0.5) is 8.78 Å². The van der Waals surface area contributed by atoms with Crippen LogP contribution in [-0.4, -0.2) is 42.2 Å². The van der Waals surface area contributed by atoms with E-state index in [2.05, 4.69) is 5.32 Å². The molecule has 112 valence electrons. The number of nitrogens with one attached hydrogen (secondary N) is 1. The van der Waals surface area contributed by atoms with Gasteiger partial charge in [0.25, 0.3) is 0 Å². The number of piperazine rings is 1. The van der Waals surface area contributed by atoms with Crippen molar-refractivity contribution >= 4 is 30.1 Å². The molecular formula is C13H17ClF2N2OS. The Morgan fingerprint density at radius 1 is 1.45 bits per heavy atom. The average Bonchev–Trinajstić information content (AvgIpc) is 2.40. The van der Waals surface area contributed by atoms with Gasteiger partial charge in [-0.25, -0.2) is 8.78 Å². The van der Waals surface area contributed by atoms with Gasteiger partial charge in [-0.15, -0.1) is 24.2 Å². The first-order valence-electron chi connectivity index (χ1n) is 6.15. The highest BCUT2D eigenvalue weighted by Crippen LogP contribution is 2.21. The van der Waals surface area contributed by atoms with E-state index < -0.39 is 11.6 Å². The number of carbonyl (C=O) groups excluding carboxylic acids is 1. The second-order valence-electron chi connectivity index (χ2n) is 4.56. The maximum Gasteiger partial charge on any atom is 0.233 e. The summed E-state index contributed by atoms with van der Waals surface area (Å²) in [4.78, 5) is 14.3. The van der Waals surface area contributed by atoms with E-state index in [9.17, 15) is 13.6 Å². The summed E-state index contributed by atoms with van der Waals surface area (Å²) in [6.07, 6.45) is 0. The number of thioether (sulfide) groups is 1. The van der Waals surface area contributed by atoms with Crippen LogP contribution in [0.3, 0.4) is 0 Å². The largest absolute Gasteiger partial charge is 0.339 e. The Labute approximate surface area is 127 Å². The molecule has 3 nitrogen and oxygen atoms in total. The van der Waals surface area contributed by atoms with Gasteiger partial charge in [0.2, 0.25) is 5.91 Å². The molecule has 0 bridgehead atoms. The first kappa shape index (κ1) is 17.2. The van der Waals surface area contributed by atoms with Gasteiger partial charge in [-0.1, -0.05) is 0 Å². The number of nitrogens with zero attached hydrogens (tertiary/aromatic N) is 1. The summed E-state index contributed by atoms with van der Waals surface area (Å²) in [7, 11) is 0. The van der Waals surface area contributed by atoms with Gasteiger partial charge in [-0.05, 0) is 25.1 Å². The quantitative estimate of drug-likeness (QED) is 0.867. The highest BCUT2D eigenvalue weighted by molar-refractivity contribution is 8.00. The first-order valence-corrected chi connectivity index (χ1v) is 7.14. The standard InChI is InChI=1S/C13H16F2N2OS.ClH/c1-9-7-17(5-4-16-9)13(18)8-19-10-2-3-11(14)12(15)6-10;/h2-3,6,9,16H,4-5,7-8H2,1H3;1H. The monoisotopic (exact) mass is 322 g/mol. The van der Waals surface area contributed by atoms with Gasteiger partial charge in [0, 0.05) is 30.6 Å². The molecule has 0 aromatic heterocycles. The van der Waals surface area contributed by atoms with Crippen LogP contribution in [0.2, 0.25) is 0 Å². The maximum atomic E-state index is 13.0. The summed E-state index contributed by atoms with van der Waals surface area (Å²) in [6.45, 7) is 4.21. The minimum atomic E-state index is -0.881. The van der Waals surface area contributed by atoms with E-state index in [-0.39, 0.29) is 24.1 Å². The first-order chi connectivity index (χ1) is 9.06. The molecule has 0 spiro atoms. The van der Waals surface area contributed by atoms with Crippen LogP contribution in [0, 0.1) is 11.6 Å². The molecule has 1 fully saturated rings. The number of halogens is 3. The highest BCUT2D eigenvalue weighted by Gasteiger charge is 2.20. The van der Waals surface area contributed by atoms with E-state index in [1.807, 2.05) is 6.92 Å². The van der Waals surface area contributed by atoms with Crippen molar-refractivity contribution in [1.29, 1.82) is 0 Å². The molecule has 1 N–H and O–H groups in total. The second kappa shape index (κ2) is 7.81. The molecule has 1 saturated heterocycles. The highest BCUT2D eigenvalue weighted by atomic mass is 35.5. The molecule has 1 aromatic carbocycles. The van der Waals surface area contributed by atoms with Gasteiger partial charge in [0.15, 0.2) is 11.6 Å². The van der Waals surface area contributed by atoms with Crippen molar-refractivity contribution < 1.29 is 13.6 Å². The van der Waals surface area contributed by atoms with E-state index >= 15 is 0 Å². The lowest BCUT2D eigenvalue weighted by Gasteiger charge is -2.31. The maximum absolute atomic E-state index is 13.0. The number of carbonyl (C=O) groups is 1. The predicted octanol–water partition coefficient (Wildman–Crippen LogP) is 2.30. The van der Waals surface area contributed by atoms with E-state index in [0.29, 0.717) is 24.0 Å². The van der Waals surface area contributed by atoms with Crippen molar-refractivity contribution in [2.75, 3.05) is 25.4 Å². The van der Waals surface area contributed by atoms with Gasteiger partial charge in [-0.3, -0.25) is 4.79 Å². The third-order valence-corrected chi connectivity index (χ3v) is 3.95. The molecule has 1 aliphatic rings. The van der Waals surface area contributed by atoms with E-state index in [1.54, 1.807) is 4.90 Å². The second-order valence-corrected chi connectivity index (χ2v) is 5.61. The van der Waals surface area contributed by atoms with E-state index in [4.69, 9.17) is 0 Å². The summed E-state index contributed by atoms with van der Waals surface area (Å²) < 4.78 is 25.8. The van der Waals surface area contributed by atoms with Crippen LogP contribution in [0.25, 0.3) is 0 Å². The molecule has 0 aliphatic carbocycles. The fraction of sp³-hybridized carbons (Fsp3) is 0.462. The molecule has 1 unspecified atom stereocenters. The van der Waals surface area contributed by atoms with Crippen LogP contribution < -0.4 is 5.32 Å². The normalized spacial score (nSPS) is 18.6. The number of benzene rings is 1. The smallest absolute Gasteiger partial charge is 0.233 e. The predicted molar refractivity (Wildman–Crippen MR) is 78.4 cm³/mol. The summed E-state index contributed by atoms with van der Waals surface area (Å²) >= 11 is 1.23. The summed E-state index contributed by atoms with van der Waals surface area (Å²) in [5, 5.41) is 3.26. The van der Waals surface area contributed by atoms with Gasteiger partial charge in [-0.2, -0.15) is 0 Å². The average molecular weight is 323 g/mol. The van der Waals surface area contributed by atoms with Crippen molar-refractivity contribution in [2.24, 2.45) is 0 Å². The minimum absolute atomic E-state index is 0. The number of hydrogen-bond acceptors (Lipinski definition) is 3. The Kier molecular flexibility index (Phi) is 6.71. The molecular weight excluding hydrogens is 306 g/mol. The van der Waals surface area contributed by atoms with Gasteiger partial charge >= 0.3 is 0 Å². The number of amides is 1.